The van der Waals surface area contributed by atoms with Crippen LogP contribution in [0.4, 0.5) is 0 Å². The lowest BCUT2D eigenvalue weighted by atomic mass is 9.86. The molecular weight excluding hydrogens is 274 g/mol. The molecule has 2 aliphatic rings. The van der Waals surface area contributed by atoms with E-state index in [0.29, 0.717) is 31.0 Å². The van der Waals surface area contributed by atoms with E-state index >= 15 is 0 Å². The van der Waals surface area contributed by atoms with Crippen LogP contribution in [0.25, 0.3) is 0 Å². The molecule has 5 nitrogen and oxygen atoms in total. The molecule has 6 heteroatoms. The lowest BCUT2D eigenvalue weighted by molar-refractivity contribution is 0.213. The van der Waals surface area contributed by atoms with Gasteiger partial charge >= 0.3 is 0 Å². The molecule has 2 fully saturated rings. The van der Waals surface area contributed by atoms with E-state index in [1.165, 1.54) is 25.5 Å². The standard InChI is InChI=1S/C14H29N3O2S/c1-11-5-6-13(8-11)14(16-15)9-12-4-3-7-17(10-12)20(2,18)19/h11-14,16H,3-10,15H2,1-2H3. The number of hydrogen-bond acceptors (Lipinski definition) is 4. The minimum atomic E-state index is -3.05. The summed E-state index contributed by atoms with van der Waals surface area (Å²) in [5, 5.41) is 0. The Labute approximate surface area is 123 Å². The molecule has 4 unspecified atom stereocenters. The van der Waals surface area contributed by atoms with Crippen LogP contribution in [0.3, 0.4) is 0 Å². The molecule has 1 heterocycles. The van der Waals surface area contributed by atoms with Gasteiger partial charge in [-0.25, -0.2) is 12.7 Å². The Morgan fingerprint density at radius 1 is 1.35 bits per heavy atom. The average Bonchev–Trinajstić information content (AvgIpc) is 2.82. The summed E-state index contributed by atoms with van der Waals surface area (Å²) in [4.78, 5) is 0. The van der Waals surface area contributed by atoms with Crippen molar-refractivity contribution >= 4 is 10.0 Å². The Hall–Kier alpha value is -0.170. The van der Waals surface area contributed by atoms with Crippen LogP contribution >= 0.6 is 0 Å². The molecule has 0 spiro atoms. The van der Waals surface area contributed by atoms with E-state index < -0.39 is 10.0 Å². The van der Waals surface area contributed by atoms with Gasteiger partial charge in [0.1, 0.15) is 0 Å². The predicted octanol–water partition coefficient (Wildman–Crippen LogP) is 1.32. The second-order valence-corrected chi connectivity index (χ2v) is 8.80. The number of hydrazine groups is 1. The van der Waals surface area contributed by atoms with E-state index in [1.807, 2.05) is 0 Å². The van der Waals surface area contributed by atoms with E-state index in [0.717, 1.165) is 25.2 Å². The summed E-state index contributed by atoms with van der Waals surface area (Å²) in [6, 6.07) is 0.337. The van der Waals surface area contributed by atoms with Crippen molar-refractivity contribution in [3.8, 4) is 0 Å². The van der Waals surface area contributed by atoms with E-state index in [9.17, 15) is 8.42 Å². The maximum Gasteiger partial charge on any atom is 0.211 e. The van der Waals surface area contributed by atoms with Crippen molar-refractivity contribution in [1.82, 2.24) is 9.73 Å². The molecular formula is C14H29N3O2S. The van der Waals surface area contributed by atoms with Gasteiger partial charge in [0.15, 0.2) is 0 Å². The van der Waals surface area contributed by atoms with Gasteiger partial charge in [0, 0.05) is 19.1 Å². The molecule has 118 valence electrons. The van der Waals surface area contributed by atoms with Crippen molar-refractivity contribution in [3.63, 3.8) is 0 Å². The van der Waals surface area contributed by atoms with Gasteiger partial charge in [-0.3, -0.25) is 11.3 Å². The molecule has 0 radical (unpaired) electrons. The number of piperidine rings is 1. The summed E-state index contributed by atoms with van der Waals surface area (Å²) < 4.78 is 25.0. The monoisotopic (exact) mass is 303 g/mol. The van der Waals surface area contributed by atoms with Crippen LogP contribution in [-0.4, -0.2) is 38.1 Å². The Balaban J connectivity index is 1.90. The highest BCUT2D eigenvalue weighted by Crippen LogP contribution is 2.35. The zero-order chi connectivity index (χ0) is 14.8. The lowest BCUT2D eigenvalue weighted by Crippen LogP contribution is -2.45. The van der Waals surface area contributed by atoms with Gasteiger partial charge in [-0.05, 0) is 49.9 Å². The minimum Gasteiger partial charge on any atom is -0.271 e. The Morgan fingerprint density at radius 2 is 2.10 bits per heavy atom. The van der Waals surface area contributed by atoms with E-state index in [1.54, 1.807) is 4.31 Å². The fourth-order valence-corrected chi connectivity index (χ4v) is 4.84. The molecule has 1 saturated heterocycles. The van der Waals surface area contributed by atoms with Gasteiger partial charge in [-0.2, -0.15) is 0 Å². The summed E-state index contributed by atoms with van der Waals surface area (Å²) in [6.07, 6.45) is 8.19. The van der Waals surface area contributed by atoms with E-state index in [4.69, 9.17) is 5.84 Å². The van der Waals surface area contributed by atoms with Gasteiger partial charge in [0.25, 0.3) is 0 Å². The van der Waals surface area contributed by atoms with Crippen molar-refractivity contribution < 1.29 is 8.42 Å². The molecule has 0 aromatic heterocycles. The summed E-state index contributed by atoms with van der Waals surface area (Å²) in [5.74, 6) is 7.65. The van der Waals surface area contributed by atoms with Crippen molar-refractivity contribution in [3.05, 3.63) is 0 Å². The summed E-state index contributed by atoms with van der Waals surface area (Å²) >= 11 is 0. The van der Waals surface area contributed by atoms with E-state index in [-0.39, 0.29) is 0 Å². The second kappa shape index (κ2) is 6.73. The summed E-state index contributed by atoms with van der Waals surface area (Å²) in [7, 11) is -3.05. The molecule has 1 saturated carbocycles. The molecule has 2 rings (SSSR count). The largest absolute Gasteiger partial charge is 0.271 e. The Morgan fingerprint density at radius 3 is 2.65 bits per heavy atom. The Bertz CT molecular complexity index is 413. The van der Waals surface area contributed by atoms with Crippen molar-refractivity contribution in [2.24, 2.45) is 23.6 Å². The normalized spacial score (nSPS) is 34.2. The topological polar surface area (TPSA) is 75.4 Å². The fourth-order valence-electron chi connectivity index (χ4n) is 3.89. The maximum absolute atomic E-state index is 11.7. The molecule has 0 bridgehead atoms. The van der Waals surface area contributed by atoms with Crippen molar-refractivity contribution in [2.45, 2.75) is 51.5 Å². The molecule has 1 aliphatic heterocycles. The lowest BCUT2D eigenvalue weighted by Gasteiger charge is -2.34. The molecule has 20 heavy (non-hydrogen) atoms. The van der Waals surface area contributed by atoms with Crippen LogP contribution in [0.2, 0.25) is 0 Å². The molecule has 4 atom stereocenters. The van der Waals surface area contributed by atoms with Gasteiger partial charge < -0.3 is 0 Å². The van der Waals surface area contributed by atoms with Crippen molar-refractivity contribution in [1.29, 1.82) is 0 Å². The van der Waals surface area contributed by atoms with Gasteiger partial charge in [-0.15, -0.1) is 0 Å². The first-order valence-corrected chi connectivity index (χ1v) is 9.66. The van der Waals surface area contributed by atoms with Gasteiger partial charge in [0.2, 0.25) is 10.0 Å². The third-order valence-electron chi connectivity index (χ3n) is 5.06. The number of nitrogens with one attached hydrogen (secondary N) is 1. The van der Waals surface area contributed by atoms with Gasteiger partial charge in [-0.1, -0.05) is 13.3 Å². The van der Waals surface area contributed by atoms with Crippen LogP contribution in [0.5, 0.6) is 0 Å². The number of hydrogen-bond donors (Lipinski definition) is 2. The number of rotatable bonds is 5. The molecule has 1 aliphatic carbocycles. The highest BCUT2D eigenvalue weighted by atomic mass is 32.2. The smallest absolute Gasteiger partial charge is 0.211 e. The number of nitrogens with zero attached hydrogens (tertiary/aromatic N) is 1. The third kappa shape index (κ3) is 4.16. The van der Waals surface area contributed by atoms with Crippen LogP contribution < -0.4 is 11.3 Å². The first kappa shape index (κ1) is 16.2. The van der Waals surface area contributed by atoms with E-state index in [2.05, 4.69) is 12.3 Å². The predicted molar refractivity (Wildman–Crippen MR) is 81.4 cm³/mol. The first-order chi connectivity index (χ1) is 9.40. The van der Waals surface area contributed by atoms with Crippen LogP contribution in [0, 0.1) is 17.8 Å². The fraction of sp³-hybridized carbons (Fsp3) is 1.00. The second-order valence-electron chi connectivity index (χ2n) is 6.82. The SMILES string of the molecule is CC1CCC(C(CC2CCCN(S(C)(=O)=O)C2)NN)C1. The third-order valence-corrected chi connectivity index (χ3v) is 6.33. The number of sulfonamides is 1. The average molecular weight is 303 g/mol. The molecule has 0 aromatic carbocycles. The zero-order valence-corrected chi connectivity index (χ0v) is 13.5. The molecule has 3 N–H and O–H groups in total. The minimum absolute atomic E-state index is 0.337. The summed E-state index contributed by atoms with van der Waals surface area (Å²) in [6.45, 7) is 3.65. The quantitative estimate of drug-likeness (QED) is 0.593. The summed E-state index contributed by atoms with van der Waals surface area (Å²) in [5.41, 5.74) is 3.00. The number of nitrogens with two attached hydrogens (primary N) is 1. The highest BCUT2D eigenvalue weighted by Gasteiger charge is 2.32. The first-order valence-electron chi connectivity index (χ1n) is 7.81. The zero-order valence-electron chi connectivity index (χ0n) is 12.7. The molecule has 0 amide bonds. The van der Waals surface area contributed by atoms with Crippen LogP contribution in [0.15, 0.2) is 0 Å². The molecule has 0 aromatic rings. The maximum atomic E-state index is 11.7. The van der Waals surface area contributed by atoms with Crippen LogP contribution in [-0.2, 0) is 10.0 Å². The van der Waals surface area contributed by atoms with Crippen LogP contribution in [0.1, 0.15) is 45.4 Å². The van der Waals surface area contributed by atoms with Gasteiger partial charge in [0.05, 0.1) is 6.26 Å². The van der Waals surface area contributed by atoms with Crippen molar-refractivity contribution in [2.75, 3.05) is 19.3 Å². The highest BCUT2D eigenvalue weighted by molar-refractivity contribution is 7.88. The Kier molecular flexibility index (Phi) is 5.45.